The normalized spacial score (nSPS) is 10.5. The number of nitrogens with zero attached hydrogens (tertiary/aromatic N) is 2. The van der Waals surface area contributed by atoms with Crippen molar-refractivity contribution >= 4 is 43.2 Å². The zero-order valence-corrected chi connectivity index (χ0v) is 9.61. The molecule has 2 aromatic heterocycles. The Morgan fingerprint density at radius 3 is 2.75 bits per heavy atom. The van der Waals surface area contributed by atoms with Crippen molar-refractivity contribution in [2.45, 2.75) is 0 Å². The van der Waals surface area contributed by atoms with Gasteiger partial charge < -0.3 is 4.52 Å². The summed E-state index contributed by atoms with van der Waals surface area (Å²) in [5.74, 6) is 0.531. The van der Waals surface area contributed by atoms with Gasteiger partial charge in [-0.2, -0.15) is 4.98 Å². The molecule has 0 radical (unpaired) electrons. The van der Waals surface area contributed by atoms with E-state index in [0.717, 1.165) is 9.35 Å². The number of halogens is 2. The van der Waals surface area contributed by atoms with Crippen LogP contribution in [0, 0.1) is 0 Å². The van der Waals surface area contributed by atoms with Crippen LogP contribution in [0.2, 0.25) is 0 Å². The van der Waals surface area contributed by atoms with E-state index in [1.165, 1.54) is 0 Å². The molecule has 2 heterocycles. The van der Waals surface area contributed by atoms with E-state index >= 15 is 0 Å². The summed E-state index contributed by atoms with van der Waals surface area (Å²) in [6.07, 6.45) is 0. The smallest absolute Gasteiger partial charge is 0.259 e. The molecule has 0 fully saturated rings. The summed E-state index contributed by atoms with van der Waals surface area (Å²) in [6, 6.07) is 1.94. The average molecular weight is 310 g/mol. The third-order valence-corrected chi connectivity index (χ3v) is 3.04. The summed E-state index contributed by atoms with van der Waals surface area (Å²) >= 11 is 8.05. The molecule has 0 aliphatic heterocycles. The molecule has 6 heteroatoms. The van der Waals surface area contributed by atoms with Crippen LogP contribution in [-0.4, -0.2) is 10.1 Å². The van der Waals surface area contributed by atoms with Crippen LogP contribution < -0.4 is 0 Å². The van der Waals surface area contributed by atoms with Crippen LogP contribution >= 0.6 is 43.2 Å². The molecule has 0 atom stereocenters. The van der Waals surface area contributed by atoms with E-state index in [2.05, 4.69) is 42.0 Å². The van der Waals surface area contributed by atoms with Gasteiger partial charge in [0.05, 0.1) is 9.35 Å². The molecular formula is C6H2Br2N2OS. The first-order valence-electron chi connectivity index (χ1n) is 2.99. The number of rotatable bonds is 1. The minimum absolute atomic E-state index is 0.472. The molecule has 0 bridgehead atoms. The van der Waals surface area contributed by atoms with E-state index in [1.807, 2.05) is 11.4 Å². The van der Waals surface area contributed by atoms with E-state index in [1.54, 1.807) is 11.3 Å². The van der Waals surface area contributed by atoms with Crippen LogP contribution in [0.4, 0.5) is 0 Å². The van der Waals surface area contributed by atoms with Crippen LogP contribution in [0.3, 0.4) is 0 Å². The lowest BCUT2D eigenvalue weighted by molar-refractivity contribution is 0.426. The highest BCUT2D eigenvalue weighted by atomic mass is 79.9. The molecule has 3 nitrogen and oxygen atoms in total. The minimum atomic E-state index is 0.472. The Bertz CT molecular complexity index is 359. The van der Waals surface area contributed by atoms with Gasteiger partial charge in [-0.05, 0) is 43.1 Å². The molecule has 0 aliphatic carbocycles. The topological polar surface area (TPSA) is 38.9 Å². The fourth-order valence-corrected chi connectivity index (χ4v) is 2.11. The molecule has 0 unspecified atom stereocenters. The Morgan fingerprint density at radius 2 is 2.25 bits per heavy atom. The summed E-state index contributed by atoms with van der Waals surface area (Å²) in [4.78, 5) is 4.02. The summed E-state index contributed by atoms with van der Waals surface area (Å²) in [5, 5.41) is 5.57. The molecule has 12 heavy (non-hydrogen) atoms. The number of hydrogen-bond acceptors (Lipinski definition) is 4. The standard InChI is InChI=1S/C6H2Br2N2OS/c7-4-1-3(2-12-4)5-9-6(8)10-11-5/h1-2H. The Balaban J connectivity index is 2.43. The summed E-state index contributed by atoms with van der Waals surface area (Å²) in [7, 11) is 0. The molecule has 0 N–H and O–H groups in total. The van der Waals surface area contributed by atoms with Gasteiger partial charge in [0.1, 0.15) is 0 Å². The molecule has 0 saturated carbocycles. The Morgan fingerprint density at radius 1 is 1.42 bits per heavy atom. The minimum Gasteiger partial charge on any atom is -0.333 e. The first-order valence-corrected chi connectivity index (χ1v) is 5.46. The average Bonchev–Trinajstić information content (AvgIpc) is 2.58. The van der Waals surface area contributed by atoms with E-state index in [-0.39, 0.29) is 0 Å². The van der Waals surface area contributed by atoms with Crippen LogP contribution in [0.15, 0.2) is 24.5 Å². The fourth-order valence-electron chi connectivity index (χ4n) is 0.745. The second-order valence-electron chi connectivity index (χ2n) is 2.01. The van der Waals surface area contributed by atoms with Crippen molar-refractivity contribution in [1.29, 1.82) is 0 Å². The lowest BCUT2D eigenvalue weighted by Gasteiger charge is -1.81. The zero-order chi connectivity index (χ0) is 8.55. The lowest BCUT2D eigenvalue weighted by atomic mass is 10.3. The lowest BCUT2D eigenvalue weighted by Crippen LogP contribution is -1.70. The molecule has 2 aromatic rings. The zero-order valence-electron chi connectivity index (χ0n) is 5.62. The molecule has 0 aliphatic rings. The first kappa shape index (κ1) is 8.40. The largest absolute Gasteiger partial charge is 0.333 e. The fraction of sp³-hybridized carbons (Fsp3) is 0. The predicted molar refractivity (Wildman–Crippen MR) is 53.0 cm³/mol. The van der Waals surface area contributed by atoms with Crippen LogP contribution in [0.1, 0.15) is 0 Å². The van der Waals surface area contributed by atoms with Crippen LogP contribution in [0.25, 0.3) is 11.5 Å². The van der Waals surface area contributed by atoms with Crippen LogP contribution in [-0.2, 0) is 0 Å². The van der Waals surface area contributed by atoms with Crippen LogP contribution in [0.5, 0.6) is 0 Å². The summed E-state index contributed by atoms with van der Waals surface area (Å²) in [5.41, 5.74) is 0.935. The molecule has 62 valence electrons. The molecule has 0 spiro atoms. The van der Waals surface area contributed by atoms with Crippen molar-refractivity contribution in [3.63, 3.8) is 0 Å². The van der Waals surface area contributed by atoms with Crippen molar-refractivity contribution in [3.05, 3.63) is 20.0 Å². The van der Waals surface area contributed by atoms with Crippen molar-refractivity contribution in [2.75, 3.05) is 0 Å². The van der Waals surface area contributed by atoms with Crippen molar-refractivity contribution in [3.8, 4) is 11.5 Å². The van der Waals surface area contributed by atoms with Gasteiger partial charge in [-0.25, -0.2) is 0 Å². The van der Waals surface area contributed by atoms with Crippen molar-refractivity contribution in [2.24, 2.45) is 0 Å². The van der Waals surface area contributed by atoms with Gasteiger partial charge in [-0.3, -0.25) is 0 Å². The van der Waals surface area contributed by atoms with E-state index in [9.17, 15) is 0 Å². The molecule has 0 aromatic carbocycles. The monoisotopic (exact) mass is 308 g/mol. The second kappa shape index (κ2) is 3.27. The molecule has 0 amide bonds. The Hall–Kier alpha value is -0.200. The maximum atomic E-state index is 4.94. The van der Waals surface area contributed by atoms with E-state index < -0.39 is 0 Å². The summed E-state index contributed by atoms with van der Waals surface area (Å²) < 4.78 is 6.46. The first-order chi connectivity index (χ1) is 5.75. The second-order valence-corrected chi connectivity index (χ2v) is 5.01. The van der Waals surface area contributed by atoms with Gasteiger partial charge in [0.2, 0.25) is 4.73 Å². The van der Waals surface area contributed by atoms with Gasteiger partial charge in [0, 0.05) is 5.38 Å². The van der Waals surface area contributed by atoms with Gasteiger partial charge >= 0.3 is 0 Å². The highest BCUT2D eigenvalue weighted by Gasteiger charge is 2.07. The third kappa shape index (κ3) is 1.60. The molecule has 0 saturated heterocycles. The van der Waals surface area contributed by atoms with Crippen molar-refractivity contribution < 1.29 is 4.52 Å². The Labute approximate surface area is 89.0 Å². The van der Waals surface area contributed by atoms with E-state index in [0.29, 0.717) is 10.6 Å². The number of aromatic nitrogens is 2. The van der Waals surface area contributed by atoms with Gasteiger partial charge in [-0.15, -0.1) is 11.3 Å². The van der Waals surface area contributed by atoms with Gasteiger partial charge in [0.15, 0.2) is 0 Å². The van der Waals surface area contributed by atoms with E-state index in [4.69, 9.17) is 4.52 Å². The highest BCUT2D eigenvalue weighted by molar-refractivity contribution is 9.11. The summed E-state index contributed by atoms with van der Waals surface area (Å²) in [6.45, 7) is 0. The molecular weight excluding hydrogens is 308 g/mol. The van der Waals surface area contributed by atoms with Crippen molar-refractivity contribution in [1.82, 2.24) is 10.1 Å². The molecule has 2 rings (SSSR count). The van der Waals surface area contributed by atoms with Gasteiger partial charge in [-0.1, -0.05) is 0 Å². The quantitative estimate of drug-likeness (QED) is 0.811. The number of hydrogen-bond donors (Lipinski definition) is 0. The third-order valence-electron chi connectivity index (χ3n) is 1.22. The van der Waals surface area contributed by atoms with Gasteiger partial charge in [0.25, 0.3) is 5.89 Å². The highest BCUT2D eigenvalue weighted by Crippen LogP contribution is 2.28. The maximum absolute atomic E-state index is 4.94. The SMILES string of the molecule is Brc1noc(-c2csc(Br)c2)n1. The number of thiophene rings is 1. The predicted octanol–water partition coefficient (Wildman–Crippen LogP) is 3.32. The Kier molecular flexibility index (Phi) is 2.29. The maximum Gasteiger partial charge on any atom is 0.259 e.